The number of unbranched alkanes of at least 4 members (excludes halogenated alkanes) is 2. The maximum Gasteiger partial charge on any atom is 0.396 e. The highest BCUT2D eigenvalue weighted by atomic mass is 35.5. The molecule has 1 aromatic heterocycles. The smallest absolute Gasteiger partial charge is 0.396 e. The van der Waals surface area contributed by atoms with Crippen LogP contribution >= 0.6 is 35.0 Å². The molecule has 0 aliphatic rings. The Morgan fingerprint density at radius 3 is 2.43 bits per heavy atom. The van der Waals surface area contributed by atoms with Crippen LogP contribution in [0.3, 0.4) is 0 Å². The predicted octanol–water partition coefficient (Wildman–Crippen LogP) is 5.50. The molecule has 0 aliphatic carbocycles. The molecule has 1 aromatic carbocycles. The van der Waals surface area contributed by atoms with Crippen LogP contribution in [0.1, 0.15) is 37.6 Å². The van der Waals surface area contributed by atoms with Crippen LogP contribution in [0.2, 0.25) is 0 Å². The number of hydrogen-bond acceptors (Lipinski definition) is 8. The number of aryl methyl sites for hydroxylation is 1. The Hall–Kier alpha value is -2.08. The highest BCUT2D eigenvalue weighted by Gasteiger charge is 2.27. The molecule has 0 unspecified atom stereocenters. The zero-order valence-electron chi connectivity index (χ0n) is 20.0. The predicted molar refractivity (Wildman–Crippen MR) is 139 cm³/mol. The molecule has 0 saturated heterocycles. The second-order valence-electron chi connectivity index (χ2n) is 7.81. The molecule has 2 aromatic rings. The van der Waals surface area contributed by atoms with E-state index in [4.69, 9.17) is 27.9 Å². The normalized spacial score (nSPS) is 11.2. The molecule has 0 bridgehead atoms. The van der Waals surface area contributed by atoms with Gasteiger partial charge in [0.2, 0.25) is 5.82 Å². The van der Waals surface area contributed by atoms with Gasteiger partial charge in [-0.25, -0.2) is 0 Å². The summed E-state index contributed by atoms with van der Waals surface area (Å²) in [6.07, 6.45) is 2.83. The fourth-order valence-corrected chi connectivity index (χ4v) is 5.09. The van der Waals surface area contributed by atoms with Crippen molar-refractivity contribution in [3.63, 3.8) is 0 Å². The number of imidazole rings is 1. The van der Waals surface area contributed by atoms with Crippen molar-refractivity contribution in [1.82, 2.24) is 14.5 Å². The first-order chi connectivity index (χ1) is 16.8. The number of nitro benzene ring substituents is 1. The molecule has 0 saturated carbocycles. The Kier molecular flexibility index (Phi) is 12.6. The van der Waals surface area contributed by atoms with Crippen LogP contribution in [0.4, 0.5) is 11.5 Å². The fraction of sp³-hybridized carbons (Fsp3) is 0.591. The van der Waals surface area contributed by atoms with Crippen LogP contribution in [0.25, 0.3) is 0 Å². The monoisotopic (exact) mass is 547 g/mol. The summed E-state index contributed by atoms with van der Waals surface area (Å²) < 4.78 is 7.35. The lowest BCUT2D eigenvalue weighted by molar-refractivity contribution is -0.392. The van der Waals surface area contributed by atoms with Crippen molar-refractivity contribution >= 4 is 46.5 Å². The van der Waals surface area contributed by atoms with Crippen molar-refractivity contribution in [3.8, 4) is 5.75 Å². The second kappa shape index (κ2) is 15.1. The highest BCUT2D eigenvalue weighted by Crippen LogP contribution is 2.33. The second-order valence-corrected chi connectivity index (χ2v) is 9.65. The molecule has 0 atom stereocenters. The van der Waals surface area contributed by atoms with Crippen molar-refractivity contribution in [2.24, 2.45) is 0 Å². The van der Waals surface area contributed by atoms with E-state index in [0.717, 1.165) is 19.3 Å². The van der Waals surface area contributed by atoms with Crippen molar-refractivity contribution in [3.05, 3.63) is 49.8 Å². The first-order valence-corrected chi connectivity index (χ1v) is 13.5. The minimum absolute atomic E-state index is 0.127. The first kappa shape index (κ1) is 29.2. The van der Waals surface area contributed by atoms with E-state index in [1.807, 2.05) is 0 Å². The molecule has 0 fully saturated rings. The largest absolute Gasteiger partial charge is 0.487 e. The van der Waals surface area contributed by atoms with Crippen LogP contribution < -0.4 is 4.74 Å². The fourth-order valence-electron chi connectivity index (χ4n) is 3.47. The number of hydrogen-bond donors (Lipinski definition) is 0. The maximum absolute atomic E-state index is 11.6. The van der Waals surface area contributed by atoms with Gasteiger partial charge in [-0.05, 0) is 28.0 Å². The average molecular weight is 548 g/mol. The molecule has 194 valence electrons. The van der Waals surface area contributed by atoms with E-state index in [2.05, 4.69) is 16.8 Å². The molecule has 10 nitrogen and oxygen atoms in total. The zero-order valence-corrected chi connectivity index (χ0v) is 22.3. The molecular formula is C22H31Cl2N5O5S. The first-order valence-electron chi connectivity index (χ1n) is 11.4. The van der Waals surface area contributed by atoms with Crippen LogP contribution in [-0.2, 0) is 6.54 Å². The standard InChI is InChI=1S/C22H31Cl2N5O5S/c1-3-4-5-13-34-20-7-6-18(15-19(20)28(30)31)16-27-17(2)25-21(29(32)33)22(27)35-14-12-26(10-8-23)11-9-24/h6-7,15H,3-5,8-14,16H2,1-2H3. The van der Waals surface area contributed by atoms with Gasteiger partial charge in [0.25, 0.3) is 0 Å². The van der Waals surface area contributed by atoms with Crippen molar-refractivity contribution in [1.29, 1.82) is 0 Å². The van der Waals surface area contributed by atoms with Crippen LogP contribution in [-0.4, -0.2) is 68.1 Å². The van der Waals surface area contributed by atoms with E-state index >= 15 is 0 Å². The van der Waals surface area contributed by atoms with E-state index < -0.39 is 9.85 Å². The molecule has 0 spiro atoms. The number of nitro groups is 2. The Morgan fingerprint density at radius 1 is 1.11 bits per heavy atom. The number of alkyl halides is 2. The summed E-state index contributed by atoms with van der Waals surface area (Å²) in [7, 11) is 0. The molecule has 0 N–H and O–H groups in total. The van der Waals surface area contributed by atoms with E-state index in [9.17, 15) is 20.2 Å². The average Bonchev–Trinajstić information content (AvgIpc) is 3.13. The quantitative estimate of drug-likeness (QED) is 0.0837. The van der Waals surface area contributed by atoms with Crippen LogP contribution in [0.15, 0.2) is 23.2 Å². The highest BCUT2D eigenvalue weighted by molar-refractivity contribution is 7.99. The number of halogens is 2. The van der Waals surface area contributed by atoms with Gasteiger partial charge >= 0.3 is 11.5 Å². The molecule has 1 heterocycles. The van der Waals surface area contributed by atoms with Crippen molar-refractivity contribution in [2.75, 3.05) is 43.8 Å². The number of benzene rings is 1. The number of rotatable bonds is 17. The third-order valence-corrected chi connectivity index (χ3v) is 6.68. The summed E-state index contributed by atoms with van der Waals surface area (Å²) in [5.74, 6) is 1.96. The summed E-state index contributed by atoms with van der Waals surface area (Å²) in [5, 5.41) is 23.7. The molecule has 0 aliphatic heterocycles. The lowest BCUT2D eigenvalue weighted by Gasteiger charge is -2.19. The van der Waals surface area contributed by atoms with Crippen LogP contribution in [0.5, 0.6) is 5.75 Å². The van der Waals surface area contributed by atoms with Gasteiger partial charge in [0.15, 0.2) is 10.8 Å². The zero-order chi connectivity index (χ0) is 25.8. The summed E-state index contributed by atoms with van der Waals surface area (Å²) in [6.45, 7) is 6.37. The van der Waals surface area contributed by atoms with Gasteiger partial charge in [-0.2, -0.15) is 0 Å². The van der Waals surface area contributed by atoms with Gasteiger partial charge in [-0.3, -0.25) is 14.7 Å². The van der Waals surface area contributed by atoms with Gasteiger partial charge in [0, 0.05) is 50.1 Å². The number of thioether (sulfide) groups is 1. The number of ether oxygens (including phenoxy) is 1. The minimum Gasteiger partial charge on any atom is -0.487 e. The third kappa shape index (κ3) is 8.82. The SMILES string of the molecule is CCCCCOc1ccc(Cn2c(C)nc([N+](=O)[O-])c2SCCN(CCCl)CCCl)cc1[N+](=O)[O-]. The van der Waals surface area contributed by atoms with E-state index in [1.54, 1.807) is 23.6 Å². The van der Waals surface area contributed by atoms with Crippen molar-refractivity contribution < 1.29 is 14.6 Å². The van der Waals surface area contributed by atoms with Crippen LogP contribution in [0, 0.1) is 27.2 Å². The topological polar surface area (TPSA) is 117 Å². The van der Waals surface area contributed by atoms with E-state index in [0.29, 0.717) is 60.2 Å². The van der Waals surface area contributed by atoms with Gasteiger partial charge in [0.1, 0.15) is 0 Å². The lowest BCUT2D eigenvalue weighted by atomic mass is 10.2. The third-order valence-electron chi connectivity index (χ3n) is 5.28. The Morgan fingerprint density at radius 2 is 1.83 bits per heavy atom. The summed E-state index contributed by atoms with van der Waals surface area (Å²) in [4.78, 5) is 28.5. The lowest BCUT2D eigenvalue weighted by Crippen LogP contribution is -2.30. The molecular weight excluding hydrogens is 517 g/mol. The maximum atomic E-state index is 11.6. The Balaban J connectivity index is 2.24. The molecule has 35 heavy (non-hydrogen) atoms. The summed E-state index contributed by atoms with van der Waals surface area (Å²) in [6, 6.07) is 4.78. The van der Waals surface area contributed by atoms with E-state index in [-0.39, 0.29) is 23.8 Å². The minimum atomic E-state index is -0.503. The molecule has 2 rings (SSSR count). The van der Waals surface area contributed by atoms with Gasteiger partial charge in [-0.1, -0.05) is 37.6 Å². The Labute approximate surface area is 219 Å². The molecule has 13 heteroatoms. The number of nitrogens with zero attached hydrogens (tertiary/aromatic N) is 5. The van der Waals surface area contributed by atoms with Gasteiger partial charge in [-0.15, -0.1) is 23.2 Å². The van der Waals surface area contributed by atoms with Gasteiger partial charge in [0.05, 0.1) is 18.1 Å². The number of aromatic nitrogens is 2. The van der Waals surface area contributed by atoms with E-state index in [1.165, 1.54) is 17.8 Å². The molecule has 0 radical (unpaired) electrons. The summed E-state index contributed by atoms with van der Waals surface area (Å²) in [5.41, 5.74) is 0.499. The van der Waals surface area contributed by atoms with Gasteiger partial charge < -0.3 is 19.8 Å². The Bertz CT molecular complexity index is 985. The molecule has 0 amide bonds. The summed E-state index contributed by atoms with van der Waals surface area (Å²) >= 11 is 13.0. The van der Waals surface area contributed by atoms with Crippen molar-refractivity contribution in [2.45, 2.75) is 44.7 Å².